The Morgan fingerprint density at radius 3 is 2.67 bits per heavy atom. The lowest BCUT2D eigenvalue weighted by Gasteiger charge is -2.46. The Balaban J connectivity index is 0.00000161. The van der Waals surface area contributed by atoms with Crippen LogP contribution in [-0.2, 0) is 15.1 Å². The first-order valence-corrected chi connectivity index (χ1v) is 7.49. The number of hydrogen-bond donors (Lipinski definition) is 1. The number of nitrogens with zero attached hydrogens (tertiary/aromatic N) is 1. The van der Waals surface area contributed by atoms with Crippen LogP contribution in [0.4, 0.5) is 0 Å². The summed E-state index contributed by atoms with van der Waals surface area (Å²) in [7, 11) is 0. The SMILES string of the molecule is CC(=O)NC1(c2ccccn2)CCOC2(CCCC2)C1.Cl. The second kappa shape index (κ2) is 6.32. The lowest BCUT2D eigenvalue weighted by Crippen LogP contribution is -2.55. The molecule has 2 fully saturated rings. The van der Waals surface area contributed by atoms with Crippen molar-refractivity contribution >= 4 is 18.3 Å². The highest BCUT2D eigenvalue weighted by molar-refractivity contribution is 5.85. The van der Waals surface area contributed by atoms with E-state index in [-0.39, 0.29) is 29.5 Å². The van der Waals surface area contributed by atoms with Crippen molar-refractivity contribution in [2.45, 2.75) is 56.6 Å². The maximum atomic E-state index is 11.7. The van der Waals surface area contributed by atoms with Crippen LogP contribution in [0.5, 0.6) is 0 Å². The monoisotopic (exact) mass is 310 g/mol. The molecule has 0 radical (unpaired) electrons. The van der Waals surface area contributed by atoms with Gasteiger partial charge in [-0.25, -0.2) is 0 Å². The normalized spacial score (nSPS) is 27.1. The van der Waals surface area contributed by atoms with E-state index in [0.29, 0.717) is 6.61 Å². The first-order valence-electron chi connectivity index (χ1n) is 7.49. The second-order valence-corrected chi connectivity index (χ2v) is 6.14. The van der Waals surface area contributed by atoms with Crippen LogP contribution in [0, 0.1) is 0 Å². The molecule has 1 amide bonds. The van der Waals surface area contributed by atoms with Crippen molar-refractivity contribution in [2.24, 2.45) is 0 Å². The average Bonchev–Trinajstić information content (AvgIpc) is 2.87. The van der Waals surface area contributed by atoms with Crippen molar-refractivity contribution in [3.8, 4) is 0 Å². The summed E-state index contributed by atoms with van der Waals surface area (Å²) in [5.74, 6) is 0.00528. The van der Waals surface area contributed by atoms with Crippen molar-refractivity contribution < 1.29 is 9.53 Å². The third kappa shape index (κ3) is 3.22. The van der Waals surface area contributed by atoms with Gasteiger partial charge >= 0.3 is 0 Å². The molecule has 1 atom stereocenters. The van der Waals surface area contributed by atoms with Gasteiger partial charge in [-0.3, -0.25) is 9.78 Å². The van der Waals surface area contributed by atoms with Crippen LogP contribution in [-0.4, -0.2) is 23.1 Å². The van der Waals surface area contributed by atoms with E-state index in [1.807, 2.05) is 18.2 Å². The van der Waals surface area contributed by atoms with Gasteiger partial charge in [-0.05, 0) is 31.4 Å². The molecule has 1 aromatic heterocycles. The van der Waals surface area contributed by atoms with E-state index in [4.69, 9.17) is 4.74 Å². The molecule has 1 saturated carbocycles. The van der Waals surface area contributed by atoms with Gasteiger partial charge in [-0.15, -0.1) is 12.4 Å². The third-order valence-electron chi connectivity index (χ3n) is 4.65. The lowest BCUT2D eigenvalue weighted by atomic mass is 9.76. The van der Waals surface area contributed by atoms with E-state index < -0.39 is 0 Å². The molecule has 4 nitrogen and oxygen atoms in total. The van der Waals surface area contributed by atoms with Crippen LogP contribution in [0.3, 0.4) is 0 Å². The number of nitrogens with one attached hydrogen (secondary N) is 1. The molecule has 3 rings (SSSR count). The average molecular weight is 311 g/mol. The van der Waals surface area contributed by atoms with E-state index in [1.165, 1.54) is 12.8 Å². The van der Waals surface area contributed by atoms with E-state index >= 15 is 0 Å². The largest absolute Gasteiger partial charge is 0.375 e. The smallest absolute Gasteiger partial charge is 0.217 e. The number of rotatable bonds is 2. The Bertz CT molecular complexity index is 488. The summed E-state index contributed by atoms with van der Waals surface area (Å²) in [5, 5.41) is 3.18. The topological polar surface area (TPSA) is 51.2 Å². The lowest BCUT2D eigenvalue weighted by molar-refractivity contribution is -0.131. The maximum absolute atomic E-state index is 11.7. The minimum atomic E-state index is -0.365. The van der Waals surface area contributed by atoms with Crippen molar-refractivity contribution in [3.05, 3.63) is 30.1 Å². The van der Waals surface area contributed by atoms with Crippen LogP contribution in [0.15, 0.2) is 24.4 Å². The molecular weight excluding hydrogens is 288 g/mol. The van der Waals surface area contributed by atoms with E-state index in [9.17, 15) is 4.79 Å². The van der Waals surface area contributed by atoms with Gasteiger partial charge in [0.25, 0.3) is 0 Å². The maximum Gasteiger partial charge on any atom is 0.217 e. The molecule has 2 heterocycles. The van der Waals surface area contributed by atoms with Gasteiger partial charge in [0.15, 0.2) is 0 Å². The molecule has 5 heteroatoms. The molecule has 0 bridgehead atoms. The number of pyridine rings is 1. The van der Waals surface area contributed by atoms with Gasteiger partial charge < -0.3 is 10.1 Å². The number of amides is 1. The zero-order valence-corrected chi connectivity index (χ0v) is 13.2. The van der Waals surface area contributed by atoms with Gasteiger partial charge in [-0.1, -0.05) is 18.9 Å². The van der Waals surface area contributed by atoms with Crippen LogP contribution in [0.2, 0.25) is 0 Å². The van der Waals surface area contributed by atoms with Crippen molar-refractivity contribution in [2.75, 3.05) is 6.61 Å². The number of ether oxygens (including phenoxy) is 1. The van der Waals surface area contributed by atoms with Crippen molar-refractivity contribution in [3.63, 3.8) is 0 Å². The van der Waals surface area contributed by atoms with Gasteiger partial charge in [0, 0.05) is 26.1 Å². The second-order valence-electron chi connectivity index (χ2n) is 6.14. The first-order chi connectivity index (χ1) is 9.64. The van der Waals surface area contributed by atoms with Crippen LogP contribution in [0.1, 0.15) is 51.1 Å². The Morgan fingerprint density at radius 1 is 1.29 bits per heavy atom. The molecule has 21 heavy (non-hydrogen) atoms. The Kier molecular flexibility index (Phi) is 4.89. The molecule has 1 spiro atoms. The Hall–Kier alpha value is -1.13. The van der Waals surface area contributed by atoms with Gasteiger partial charge in [-0.2, -0.15) is 0 Å². The highest BCUT2D eigenvalue weighted by Gasteiger charge is 2.49. The summed E-state index contributed by atoms with van der Waals surface area (Å²) in [6, 6.07) is 5.92. The number of carbonyl (C=O) groups is 1. The fourth-order valence-corrected chi connectivity index (χ4v) is 3.84. The third-order valence-corrected chi connectivity index (χ3v) is 4.65. The standard InChI is InChI=1S/C16H22N2O2.ClH/c1-13(19)18-16(14-6-2-5-10-17-14)9-11-20-15(12-16)7-3-4-8-15;/h2,5-6,10H,3-4,7-9,11-12H2,1H3,(H,18,19);1H. The fourth-order valence-electron chi connectivity index (χ4n) is 3.84. The van der Waals surface area contributed by atoms with Crippen LogP contribution >= 0.6 is 12.4 Å². The van der Waals surface area contributed by atoms with Crippen molar-refractivity contribution in [1.29, 1.82) is 0 Å². The molecular formula is C16H23ClN2O2. The summed E-state index contributed by atoms with van der Waals surface area (Å²) < 4.78 is 6.11. The fraction of sp³-hybridized carbons (Fsp3) is 0.625. The summed E-state index contributed by atoms with van der Waals surface area (Å²) in [4.78, 5) is 16.2. The van der Waals surface area contributed by atoms with Gasteiger partial charge in [0.05, 0.1) is 16.8 Å². The first kappa shape index (κ1) is 16.2. The predicted molar refractivity (Wildman–Crippen MR) is 83.4 cm³/mol. The highest BCUT2D eigenvalue weighted by atomic mass is 35.5. The number of hydrogen-bond acceptors (Lipinski definition) is 3. The van der Waals surface area contributed by atoms with Gasteiger partial charge in [0.1, 0.15) is 0 Å². The Labute approximate surface area is 132 Å². The van der Waals surface area contributed by atoms with Crippen LogP contribution < -0.4 is 5.32 Å². The van der Waals surface area contributed by atoms with E-state index in [1.54, 1.807) is 13.1 Å². The molecule has 116 valence electrons. The number of aromatic nitrogens is 1. The van der Waals surface area contributed by atoms with Crippen molar-refractivity contribution in [1.82, 2.24) is 10.3 Å². The molecule has 0 aromatic carbocycles. The summed E-state index contributed by atoms with van der Waals surface area (Å²) in [5.41, 5.74) is 0.540. The Morgan fingerprint density at radius 2 is 2.05 bits per heavy atom. The zero-order chi connectivity index (χ0) is 14.1. The minimum absolute atomic E-state index is 0. The molecule has 1 unspecified atom stereocenters. The molecule has 1 N–H and O–H groups in total. The summed E-state index contributed by atoms with van der Waals surface area (Å²) in [6.07, 6.45) is 8.08. The molecule has 2 aliphatic rings. The van der Waals surface area contributed by atoms with E-state index in [0.717, 1.165) is 31.4 Å². The molecule has 1 aliphatic carbocycles. The molecule has 1 aliphatic heterocycles. The molecule has 1 aromatic rings. The quantitative estimate of drug-likeness (QED) is 0.913. The minimum Gasteiger partial charge on any atom is -0.375 e. The zero-order valence-electron chi connectivity index (χ0n) is 12.4. The highest BCUT2D eigenvalue weighted by Crippen LogP contribution is 2.46. The van der Waals surface area contributed by atoms with Crippen LogP contribution in [0.25, 0.3) is 0 Å². The predicted octanol–water partition coefficient (Wildman–Crippen LogP) is 2.96. The number of carbonyl (C=O) groups excluding carboxylic acids is 1. The van der Waals surface area contributed by atoms with E-state index in [2.05, 4.69) is 10.3 Å². The summed E-state index contributed by atoms with van der Waals surface area (Å²) in [6.45, 7) is 2.28. The number of halogens is 1. The van der Waals surface area contributed by atoms with Gasteiger partial charge in [0.2, 0.25) is 5.91 Å². The summed E-state index contributed by atoms with van der Waals surface area (Å²) >= 11 is 0. The molecule has 1 saturated heterocycles.